The summed E-state index contributed by atoms with van der Waals surface area (Å²) in [6, 6.07) is 4.46. The van der Waals surface area contributed by atoms with Crippen molar-refractivity contribution in [2.45, 2.75) is 361 Å². The zero-order chi connectivity index (χ0) is 55.8. The van der Waals surface area contributed by atoms with Crippen molar-refractivity contribution in [3.05, 3.63) is 34.4 Å². The van der Waals surface area contributed by atoms with Gasteiger partial charge in [-0.1, -0.05) is 310 Å². The Kier molecular flexibility index (Phi) is 53.6. The molecular formula is C70H129NO6. The highest BCUT2D eigenvalue weighted by atomic mass is 16.5. The van der Waals surface area contributed by atoms with Crippen molar-refractivity contribution in [2.75, 3.05) is 33.4 Å². The van der Waals surface area contributed by atoms with Crippen LogP contribution >= 0.6 is 0 Å². The number of esters is 2. The molecule has 0 radical (unpaired) electrons. The molecule has 1 N–H and O–H groups in total. The third-order valence-corrected chi connectivity index (χ3v) is 16.5. The van der Waals surface area contributed by atoms with Crippen LogP contribution in [0.5, 0.6) is 0 Å². The number of aliphatic hydroxyl groups is 1. The molecule has 77 heavy (non-hydrogen) atoms. The molecule has 1 aromatic carbocycles. The third-order valence-electron chi connectivity index (χ3n) is 16.5. The van der Waals surface area contributed by atoms with Gasteiger partial charge in [-0.15, -0.1) is 0 Å². The lowest BCUT2D eigenvalue weighted by Gasteiger charge is -2.21. The molecule has 0 aliphatic heterocycles. The van der Waals surface area contributed by atoms with E-state index < -0.39 is 11.9 Å². The van der Waals surface area contributed by atoms with E-state index in [1.165, 1.54) is 325 Å². The molecular weight excluding hydrogens is 951 g/mol. The fourth-order valence-electron chi connectivity index (χ4n) is 11.4. The van der Waals surface area contributed by atoms with Crippen molar-refractivity contribution in [2.24, 2.45) is 0 Å². The number of carbonyl (C=O) groups excluding carboxylic acids is 3. The van der Waals surface area contributed by atoms with Crippen LogP contribution in [0.15, 0.2) is 12.1 Å². The molecule has 1 rings (SSSR count). The quantitative estimate of drug-likeness (QED) is 0.0516. The Bertz CT molecular complexity index is 1400. The number of aryl methyl sites for hydroxylation is 2. The molecule has 0 bridgehead atoms. The van der Waals surface area contributed by atoms with Crippen LogP contribution in [0.4, 0.5) is 0 Å². The number of carbonyl (C=O) groups is 3. The van der Waals surface area contributed by atoms with E-state index in [0.717, 1.165) is 24.8 Å². The Morgan fingerprint density at radius 2 is 0.610 bits per heavy atom. The van der Waals surface area contributed by atoms with Gasteiger partial charge in [0.15, 0.2) is 0 Å². The first kappa shape index (κ1) is 72.6. The van der Waals surface area contributed by atoms with Gasteiger partial charge >= 0.3 is 11.9 Å². The van der Waals surface area contributed by atoms with Gasteiger partial charge in [0, 0.05) is 12.6 Å². The number of hydrogen-bond donors (Lipinski definition) is 1. The summed E-state index contributed by atoms with van der Waals surface area (Å²) in [6.07, 6.45) is 68.6. The van der Waals surface area contributed by atoms with Crippen molar-refractivity contribution in [1.82, 2.24) is 4.90 Å². The maximum atomic E-state index is 14.2. The van der Waals surface area contributed by atoms with Gasteiger partial charge < -0.3 is 19.5 Å². The fraction of sp³-hybridized carbons (Fsp3) is 0.871. The van der Waals surface area contributed by atoms with Crippen LogP contribution in [0, 0.1) is 0 Å². The molecule has 0 aliphatic rings. The van der Waals surface area contributed by atoms with E-state index in [9.17, 15) is 14.4 Å². The summed E-state index contributed by atoms with van der Waals surface area (Å²) in [4.78, 5) is 40.1. The smallest absolute Gasteiger partial charge is 0.306 e. The van der Waals surface area contributed by atoms with Gasteiger partial charge in [-0.05, 0) is 67.3 Å². The SMILES string of the molecule is CCCCCCCCCCCCCCCCCCc1cc(C(=O)N(C)CCOC(=O)CCC(=O)OCCO)cc(CCCCCCCCCCCCCCCCCC)c1CCCCCCCCCCCCCCCCCC. The summed E-state index contributed by atoms with van der Waals surface area (Å²) in [5.41, 5.74) is 5.07. The fourth-order valence-corrected chi connectivity index (χ4v) is 11.4. The molecule has 0 heterocycles. The zero-order valence-corrected chi connectivity index (χ0v) is 51.9. The highest BCUT2D eigenvalue weighted by Crippen LogP contribution is 2.27. The third kappa shape index (κ3) is 46.0. The maximum Gasteiger partial charge on any atom is 0.306 e. The molecule has 0 unspecified atom stereocenters. The summed E-state index contributed by atoms with van der Waals surface area (Å²) in [6.45, 7) is 6.92. The highest BCUT2D eigenvalue weighted by Gasteiger charge is 2.19. The van der Waals surface area contributed by atoms with Crippen molar-refractivity contribution in [3.63, 3.8) is 0 Å². The number of ether oxygens (including phenoxy) is 2. The molecule has 0 saturated heterocycles. The molecule has 0 spiro atoms. The minimum atomic E-state index is -0.535. The molecule has 0 aliphatic carbocycles. The molecule has 1 amide bonds. The second-order valence-electron chi connectivity index (χ2n) is 23.8. The number of amides is 1. The van der Waals surface area contributed by atoms with Crippen LogP contribution < -0.4 is 0 Å². The molecule has 0 atom stereocenters. The van der Waals surface area contributed by atoms with Crippen molar-refractivity contribution < 1.29 is 29.0 Å². The highest BCUT2D eigenvalue weighted by molar-refractivity contribution is 5.94. The van der Waals surface area contributed by atoms with Gasteiger partial charge in [0.05, 0.1) is 26.0 Å². The first-order valence-corrected chi connectivity index (χ1v) is 34.2. The van der Waals surface area contributed by atoms with E-state index in [1.54, 1.807) is 11.9 Å². The van der Waals surface area contributed by atoms with Crippen molar-refractivity contribution in [3.8, 4) is 0 Å². The van der Waals surface area contributed by atoms with E-state index in [2.05, 4.69) is 32.9 Å². The summed E-state index contributed by atoms with van der Waals surface area (Å²) in [5, 5.41) is 8.90. The van der Waals surface area contributed by atoms with Gasteiger partial charge in [-0.2, -0.15) is 0 Å². The van der Waals surface area contributed by atoms with Gasteiger partial charge in [-0.3, -0.25) is 14.4 Å². The lowest BCUT2D eigenvalue weighted by molar-refractivity contribution is -0.150. The standard InChI is InChI=1S/C70H129NO6/c1-5-8-11-14-17-20-23-26-29-32-35-38-41-44-47-50-53-64-62-66(70(75)71(4)58-60-76-68(73)56-57-69(74)77-61-59-72)63-65(54-51-48-45-42-39-36-33-30-27-24-21-18-15-12-9-6-2)67(64)55-52-49-46-43-40-37-34-31-28-25-22-19-16-13-10-7-3/h62-63,72H,5-61H2,1-4H3. The Hall–Kier alpha value is -2.41. The first-order valence-electron chi connectivity index (χ1n) is 34.2. The number of unbranched alkanes of at least 4 members (excludes halogenated alkanes) is 45. The lowest BCUT2D eigenvalue weighted by Crippen LogP contribution is -2.31. The topological polar surface area (TPSA) is 93.1 Å². The summed E-state index contributed by atoms with van der Waals surface area (Å²) >= 11 is 0. The van der Waals surface area contributed by atoms with Crippen LogP contribution in [0.3, 0.4) is 0 Å². The normalized spacial score (nSPS) is 11.4. The number of hydrogen-bond acceptors (Lipinski definition) is 6. The average molecular weight is 1080 g/mol. The molecule has 0 aromatic heterocycles. The van der Waals surface area contributed by atoms with Crippen LogP contribution in [-0.2, 0) is 38.3 Å². The van der Waals surface area contributed by atoms with Crippen LogP contribution in [0.2, 0.25) is 0 Å². The molecule has 1 aromatic rings. The van der Waals surface area contributed by atoms with Gasteiger partial charge in [0.2, 0.25) is 0 Å². The number of benzene rings is 1. The van der Waals surface area contributed by atoms with Crippen LogP contribution in [-0.4, -0.2) is 61.3 Å². The summed E-state index contributed by atoms with van der Waals surface area (Å²) in [7, 11) is 1.80. The largest absolute Gasteiger partial charge is 0.464 e. The molecule has 450 valence electrons. The van der Waals surface area contributed by atoms with E-state index in [0.29, 0.717) is 0 Å². The van der Waals surface area contributed by atoms with E-state index in [4.69, 9.17) is 14.6 Å². The van der Waals surface area contributed by atoms with E-state index in [1.807, 2.05) is 0 Å². The van der Waals surface area contributed by atoms with Gasteiger partial charge in [-0.25, -0.2) is 0 Å². The summed E-state index contributed by atoms with van der Waals surface area (Å²) < 4.78 is 10.3. The molecule has 0 fully saturated rings. The monoisotopic (exact) mass is 1080 g/mol. The molecule has 7 heteroatoms. The average Bonchev–Trinajstić information content (AvgIpc) is 3.43. The lowest BCUT2D eigenvalue weighted by atomic mass is 9.88. The van der Waals surface area contributed by atoms with Gasteiger partial charge in [0.1, 0.15) is 13.2 Å². The Balaban J connectivity index is 2.91. The molecule has 7 nitrogen and oxygen atoms in total. The minimum absolute atomic E-state index is 0.0240. The Morgan fingerprint density at radius 3 is 0.883 bits per heavy atom. The summed E-state index contributed by atoms with van der Waals surface area (Å²) in [5.74, 6) is -1.05. The zero-order valence-electron chi connectivity index (χ0n) is 51.9. The Morgan fingerprint density at radius 1 is 0.364 bits per heavy atom. The predicted octanol–water partition coefficient (Wildman–Crippen LogP) is 21.0. The van der Waals surface area contributed by atoms with E-state index in [-0.39, 0.29) is 45.1 Å². The second-order valence-corrected chi connectivity index (χ2v) is 23.8. The second kappa shape index (κ2) is 56.8. The van der Waals surface area contributed by atoms with Crippen molar-refractivity contribution >= 4 is 17.8 Å². The van der Waals surface area contributed by atoms with Crippen molar-refractivity contribution in [1.29, 1.82) is 0 Å². The molecule has 0 saturated carbocycles. The van der Waals surface area contributed by atoms with Crippen LogP contribution in [0.25, 0.3) is 0 Å². The number of likely N-dealkylation sites (N-methyl/N-ethyl adjacent to an activating group) is 1. The number of nitrogens with zero attached hydrogens (tertiary/aromatic N) is 1. The Labute approximate surface area is 478 Å². The van der Waals surface area contributed by atoms with E-state index >= 15 is 0 Å². The maximum absolute atomic E-state index is 14.2. The number of aliphatic hydroxyl groups excluding tert-OH is 1. The van der Waals surface area contributed by atoms with Crippen LogP contribution in [0.1, 0.15) is 369 Å². The first-order chi connectivity index (χ1) is 37.9. The van der Waals surface area contributed by atoms with Gasteiger partial charge in [0.25, 0.3) is 5.91 Å². The number of rotatable bonds is 60. The minimum Gasteiger partial charge on any atom is -0.464 e. The predicted molar refractivity (Wildman–Crippen MR) is 331 cm³/mol.